The van der Waals surface area contributed by atoms with E-state index in [0.717, 1.165) is 42.9 Å². The zero-order valence-corrected chi connectivity index (χ0v) is 11.9. The average molecular weight is 261 g/mol. The van der Waals surface area contributed by atoms with Crippen molar-refractivity contribution in [2.45, 2.75) is 25.7 Å². The van der Waals surface area contributed by atoms with E-state index in [1.54, 1.807) is 0 Å². The van der Waals surface area contributed by atoms with E-state index in [9.17, 15) is 5.26 Å². The van der Waals surface area contributed by atoms with E-state index in [2.05, 4.69) is 17.2 Å². The van der Waals surface area contributed by atoms with E-state index in [1.165, 1.54) is 17.7 Å². The summed E-state index contributed by atoms with van der Waals surface area (Å²) in [5.74, 6) is 2.01. The second-order valence-corrected chi connectivity index (χ2v) is 5.68. The number of fused-ring (bicyclic) bond motifs is 1. The van der Waals surface area contributed by atoms with Crippen molar-refractivity contribution < 1.29 is 0 Å². The molecule has 0 saturated heterocycles. The Morgan fingerprint density at radius 3 is 3.06 bits per heavy atom. The molecule has 1 aliphatic rings. The SMILES string of the molecule is CSCCCN(C)c1nc2c(cc1C#N)CCC2. The molecule has 0 spiro atoms. The smallest absolute Gasteiger partial charge is 0.146 e. The van der Waals surface area contributed by atoms with Crippen LogP contribution in [0.3, 0.4) is 0 Å². The van der Waals surface area contributed by atoms with Crippen molar-refractivity contribution in [2.75, 3.05) is 30.5 Å². The highest BCUT2D eigenvalue weighted by atomic mass is 32.2. The number of hydrogen-bond acceptors (Lipinski definition) is 4. The van der Waals surface area contributed by atoms with Gasteiger partial charge >= 0.3 is 0 Å². The summed E-state index contributed by atoms with van der Waals surface area (Å²) in [5, 5.41) is 9.25. The van der Waals surface area contributed by atoms with Crippen LogP contribution >= 0.6 is 11.8 Å². The number of nitriles is 1. The molecule has 1 heterocycles. The van der Waals surface area contributed by atoms with Crippen LogP contribution in [-0.4, -0.2) is 30.6 Å². The first-order chi connectivity index (χ1) is 8.76. The lowest BCUT2D eigenvalue weighted by molar-refractivity contribution is 0.835. The lowest BCUT2D eigenvalue weighted by Gasteiger charge is -2.20. The molecule has 0 aliphatic heterocycles. The van der Waals surface area contributed by atoms with E-state index in [0.29, 0.717) is 0 Å². The molecule has 1 aliphatic carbocycles. The Morgan fingerprint density at radius 1 is 1.50 bits per heavy atom. The van der Waals surface area contributed by atoms with Crippen LogP contribution in [0.15, 0.2) is 6.07 Å². The maximum absolute atomic E-state index is 9.25. The molecule has 0 saturated carbocycles. The Hall–Kier alpha value is -1.21. The zero-order valence-electron chi connectivity index (χ0n) is 11.1. The maximum Gasteiger partial charge on any atom is 0.146 e. The number of rotatable bonds is 5. The summed E-state index contributed by atoms with van der Waals surface area (Å²) < 4.78 is 0. The number of anilines is 1. The predicted molar refractivity (Wildman–Crippen MR) is 77.2 cm³/mol. The van der Waals surface area contributed by atoms with Crippen LogP contribution in [0.1, 0.15) is 29.7 Å². The van der Waals surface area contributed by atoms with Gasteiger partial charge in [0.05, 0.1) is 5.56 Å². The molecule has 1 aromatic rings. The third kappa shape index (κ3) is 2.78. The first kappa shape index (κ1) is 13.2. The third-order valence-corrected chi connectivity index (χ3v) is 4.05. The lowest BCUT2D eigenvalue weighted by atomic mass is 10.1. The Kier molecular flexibility index (Phi) is 4.48. The summed E-state index contributed by atoms with van der Waals surface area (Å²) in [5.41, 5.74) is 3.19. The molecule has 0 atom stereocenters. The highest BCUT2D eigenvalue weighted by molar-refractivity contribution is 7.98. The molecule has 0 fully saturated rings. The monoisotopic (exact) mass is 261 g/mol. The van der Waals surface area contributed by atoms with Crippen molar-refractivity contribution in [1.29, 1.82) is 5.26 Å². The van der Waals surface area contributed by atoms with Gasteiger partial charge in [0.2, 0.25) is 0 Å². The molecule has 2 rings (SSSR count). The Bertz CT molecular complexity index is 465. The normalized spacial score (nSPS) is 13.2. The van der Waals surface area contributed by atoms with Gasteiger partial charge in [0.15, 0.2) is 0 Å². The number of aryl methyl sites for hydroxylation is 2. The molecular formula is C14H19N3S. The molecule has 4 heteroatoms. The van der Waals surface area contributed by atoms with Gasteiger partial charge in [-0.05, 0) is 49.3 Å². The molecule has 0 amide bonds. The molecule has 0 aromatic carbocycles. The minimum Gasteiger partial charge on any atom is -0.359 e. The standard InChI is InChI=1S/C14H19N3S/c1-17(7-4-8-18-2)14-12(10-15)9-11-5-3-6-13(11)16-14/h9H,3-8H2,1-2H3. The summed E-state index contributed by atoms with van der Waals surface area (Å²) >= 11 is 1.86. The fraction of sp³-hybridized carbons (Fsp3) is 0.571. The van der Waals surface area contributed by atoms with Gasteiger partial charge in [0, 0.05) is 19.3 Å². The summed E-state index contributed by atoms with van der Waals surface area (Å²) in [4.78, 5) is 6.82. The minimum absolute atomic E-state index is 0.724. The Balaban J connectivity index is 2.18. The highest BCUT2D eigenvalue weighted by Gasteiger charge is 2.18. The molecule has 96 valence electrons. The number of nitrogens with zero attached hydrogens (tertiary/aromatic N) is 3. The molecule has 18 heavy (non-hydrogen) atoms. The van der Waals surface area contributed by atoms with Crippen molar-refractivity contribution >= 4 is 17.6 Å². The van der Waals surface area contributed by atoms with Gasteiger partial charge in [-0.2, -0.15) is 17.0 Å². The Labute approximate surface area is 113 Å². The topological polar surface area (TPSA) is 39.9 Å². The lowest BCUT2D eigenvalue weighted by Crippen LogP contribution is -2.22. The van der Waals surface area contributed by atoms with Crippen molar-refractivity contribution in [1.82, 2.24) is 4.98 Å². The quantitative estimate of drug-likeness (QED) is 0.764. The molecule has 0 unspecified atom stereocenters. The number of aromatic nitrogens is 1. The number of hydrogen-bond donors (Lipinski definition) is 0. The van der Waals surface area contributed by atoms with Crippen LogP contribution in [0.5, 0.6) is 0 Å². The third-order valence-electron chi connectivity index (χ3n) is 3.35. The van der Waals surface area contributed by atoms with Gasteiger partial charge in [0.1, 0.15) is 11.9 Å². The molecule has 1 aromatic heterocycles. The van der Waals surface area contributed by atoms with Crippen LogP contribution in [0.2, 0.25) is 0 Å². The van der Waals surface area contributed by atoms with Crippen LogP contribution in [-0.2, 0) is 12.8 Å². The van der Waals surface area contributed by atoms with Crippen LogP contribution in [0.4, 0.5) is 5.82 Å². The number of thioether (sulfide) groups is 1. The first-order valence-electron chi connectivity index (χ1n) is 6.39. The molecule has 0 radical (unpaired) electrons. The summed E-state index contributed by atoms with van der Waals surface area (Å²) in [6, 6.07) is 4.32. The second kappa shape index (κ2) is 6.10. The molecule has 3 nitrogen and oxygen atoms in total. The first-order valence-corrected chi connectivity index (χ1v) is 7.78. The summed E-state index contributed by atoms with van der Waals surface area (Å²) in [7, 11) is 2.03. The van der Waals surface area contributed by atoms with Gasteiger partial charge in [0.25, 0.3) is 0 Å². The van der Waals surface area contributed by atoms with Crippen LogP contribution in [0, 0.1) is 11.3 Å². The number of pyridine rings is 1. The van der Waals surface area contributed by atoms with E-state index in [-0.39, 0.29) is 0 Å². The Morgan fingerprint density at radius 2 is 2.33 bits per heavy atom. The predicted octanol–water partition coefficient (Wildman–Crippen LogP) is 2.63. The molecule has 0 bridgehead atoms. The van der Waals surface area contributed by atoms with Crippen LogP contribution < -0.4 is 4.90 Å². The van der Waals surface area contributed by atoms with Crippen molar-refractivity contribution in [2.24, 2.45) is 0 Å². The van der Waals surface area contributed by atoms with E-state index in [1.807, 2.05) is 24.9 Å². The van der Waals surface area contributed by atoms with Gasteiger partial charge in [-0.25, -0.2) is 4.98 Å². The van der Waals surface area contributed by atoms with Crippen molar-refractivity contribution in [3.63, 3.8) is 0 Å². The van der Waals surface area contributed by atoms with Gasteiger partial charge in [-0.15, -0.1) is 0 Å². The minimum atomic E-state index is 0.724. The molecular weight excluding hydrogens is 242 g/mol. The second-order valence-electron chi connectivity index (χ2n) is 4.70. The summed E-state index contributed by atoms with van der Waals surface area (Å²) in [6.45, 7) is 0.960. The van der Waals surface area contributed by atoms with E-state index in [4.69, 9.17) is 4.98 Å². The van der Waals surface area contributed by atoms with Gasteiger partial charge in [-0.1, -0.05) is 0 Å². The van der Waals surface area contributed by atoms with Gasteiger partial charge < -0.3 is 4.90 Å². The fourth-order valence-corrected chi connectivity index (χ4v) is 2.80. The van der Waals surface area contributed by atoms with Crippen LogP contribution in [0.25, 0.3) is 0 Å². The van der Waals surface area contributed by atoms with E-state index < -0.39 is 0 Å². The summed E-state index contributed by atoms with van der Waals surface area (Å²) in [6.07, 6.45) is 6.56. The van der Waals surface area contributed by atoms with Gasteiger partial charge in [-0.3, -0.25) is 0 Å². The fourth-order valence-electron chi connectivity index (χ4n) is 2.39. The zero-order chi connectivity index (χ0) is 13.0. The highest BCUT2D eigenvalue weighted by Crippen LogP contribution is 2.26. The van der Waals surface area contributed by atoms with E-state index >= 15 is 0 Å². The largest absolute Gasteiger partial charge is 0.359 e. The average Bonchev–Trinajstić information content (AvgIpc) is 2.84. The maximum atomic E-state index is 9.25. The molecule has 0 N–H and O–H groups in total. The van der Waals surface area contributed by atoms with Crippen molar-refractivity contribution in [3.8, 4) is 6.07 Å². The van der Waals surface area contributed by atoms with Crippen molar-refractivity contribution in [3.05, 3.63) is 22.9 Å².